The number of rotatable bonds is 5. The number of halogens is 1. The van der Waals surface area contributed by atoms with Crippen LogP contribution in [-0.4, -0.2) is 13.6 Å². The first kappa shape index (κ1) is 12.7. The lowest BCUT2D eigenvalue weighted by Gasteiger charge is -2.09. The Hall–Kier alpha value is -0.340. The zero-order valence-corrected chi connectivity index (χ0v) is 11.4. The molecule has 0 aliphatic rings. The Labute approximate surface area is 101 Å². The summed E-state index contributed by atoms with van der Waals surface area (Å²) in [6.07, 6.45) is 2.24. The van der Waals surface area contributed by atoms with Crippen LogP contribution in [0.4, 0.5) is 0 Å². The molecule has 1 rings (SSSR count). The van der Waals surface area contributed by atoms with Crippen LogP contribution in [0.3, 0.4) is 0 Å². The van der Waals surface area contributed by atoms with Crippen molar-refractivity contribution in [2.75, 3.05) is 13.6 Å². The fourth-order valence-electron chi connectivity index (χ4n) is 1.62. The third-order valence-electron chi connectivity index (χ3n) is 2.41. The van der Waals surface area contributed by atoms with Gasteiger partial charge >= 0.3 is 0 Å². The minimum atomic E-state index is 0.712. The standard InChI is InChI=1S/C13H20BrN/c1-10(2)8-12-5-4-11(6-7-15-3)9-13(12)14/h4-5,9-10,15H,6-8H2,1-3H3. The Morgan fingerprint density at radius 3 is 2.60 bits per heavy atom. The molecule has 0 spiro atoms. The predicted octanol–water partition coefficient (Wildman–Crippen LogP) is 3.41. The molecule has 0 atom stereocenters. The normalized spacial score (nSPS) is 11.0. The van der Waals surface area contributed by atoms with E-state index >= 15 is 0 Å². The first-order valence-corrected chi connectivity index (χ1v) is 6.34. The molecule has 0 aliphatic heterocycles. The highest BCUT2D eigenvalue weighted by atomic mass is 79.9. The van der Waals surface area contributed by atoms with Gasteiger partial charge in [-0.25, -0.2) is 0 Å². The second-order valence-corrected chi connectivity index (χ2v) is 5.23. The predicted molar refractivity (Wildman–Crippen MR) is 70.3 cm³/mol. The highest BCUT2D eigenvalue weighted by molar-refractivity contribution is 9.10. The summed E-state index contributed by atoms with van der Waals surface area (Å²) in [5.41, 5.74) is 2.81. The minimum Gasteiger partial charge on any atom is -0.319 e. The van der Waals surface area contributed by atoms with Crippen LogP contribution in [0.1, 0.15) is 25.0 Å². The fraction of sp³-hybridized carbons (Fsp3) is 0.538. The Balaban J connectivity index is 2.70. The summed E-state index contributed by atoms with van der Waals surface area (Å²) in [5, 5.41) is 3.17. The second kappa shape index (κ2) is 6.29. The van der Waals surface area contributed by atoms with E-state index in [1.807, 2.05) is 7.05 Å². The summed E-state index contributed by atoms with van der Waals surface area (Å²) in [4.78, 5) is 0. The van der Waals surface area contributed by atoms with Crippen molar-refractivity contribution in [2.45, 2.75) is 26.7 Å². The lowest BCUT2D eigenvalue weighted by molar-refractivity contribution is 0.645. The van der Waals surface area contributed by atoms with E-state index < -0.39 is 0 Å². The zero-order valence-electron chi connectivity index (χ0n) is 9.81. The summed E-state index contributed by atoms with van der Waals surface area (Å²) < 4.78 is 1.25. The monoisotopic (exact) mass is 269 g/mol. The molecule has 0 saturated carbocycles. The molecule has 0 amide bonds. The van der Waals surface area contributed by atoms with Gasteiger partial charge in [0.15, 0.2) is 0 Å². The van der Waals surface area contributed by atoms with Crippen LogP contribution in [0.2, 0.25) is 0 Å². The molecule has 0 saturated heterocycles. The van der Waals surface area contributed by atoms with Crippen LogP contribution in [0, 0.1) is 5.92 Å². The molecule has 0 heterocycles. The third-order valence-corrected chi connectivity index (χ3v) is 3.15. The molecule has 1 N–H and O–H groups in total. The quantitative estimate of drug-likeness (QED) is 0.864. The van der Waals surface area contributed by atoms with Gasteiger partial charge in [-0.15, -0.1) is 0 Å². The van der Waals surface area contributed by atoms with Crippen LogP contribution < -0.4 is 5.32 Å². The topological polar surface area (TPSA) is 12.0 Å². The SMILES string of the molecule is CNCCc1ccc(CC(C)C)c(Br)c1. The van der Waals surface area contributed by atoms with Gasteiger partial charge < -0.3 is 5.32 Å². The number of hydrogen-bond acceptors (Lipinski definition) is 1. The fourth-order valence-corrected chi connectivity index (χ4v) is 2.21. The van der Waals surface area contributed by atoms with Gasteiger partial charge in [0.05, 0.1) is 0 Å². The van der Waals surface area contributed by atoms with Gasteiger partial charge in [0.1, 0.15) is 0 Å². The maximum absolute atomic E-state index is 3.65. The van der Waals surface area contributed by atoms with E-state index in [1.165, 1.54) is 15.6 Å². The minimum absolute atomic E-state index is 0.712. The zero-order chi connectivity index (χ0) is 11.3. The van der Waals surface area contributed by atoms with Gasteiger partial charge in [-0.2, -0.15) is 0 Å². The molecular formula is C13H20BrN. The molecule has 0 unspecified atom stereocenters. The number of nitrogens with one attached hydrogen (secondary N) is 1. The van der Waals surface area contributed by atoms with Gasteiger partial charge in [-0.1, -0.05) is 41.9 Å². The molecular weight excluding hydrogens is 250 g/mol. The van der Waals surface area contributed by atoms with Crippen molar-refractivity contribution < 1.29 is 0 Å². The van der Waals surface area contributed by atoms with Gasteiger partial charge in [0.25, 0.3) is 0 Å². The van der Waals surface area contributed by atoms with Crippen molar-refractivity contribution in [2.24, 2.45) is 5.92 Å². The second-order valence-electron chi connectivity index (χ2n) is 4.38. The van der Waals surface area contributed by atoms with Crippen LogP contribution >= 0.6 is 15.9 Å². The molecule has 15 heavy (non-hydrogen) atoms. The van der Waals surface area contributed by atoms with Crippen molar-refractivity contribution in [1.29, 1.82) is 0 Å². The van der Waals surface area contributed by atoms with E-state index in [1.54, 1.807) is 0 Å². The lowest BCUT2D eigenvalue weighted by Crippen LogP contribution is -2.10. The smallest absolute Gasteiger partial charge is 0.0210 e. The molecule has 0 aromatic heterocycles. The lowest BCUT2D eigenvalue weighted by atomic mass is 10.0. The molecule has 0 bridgehead atoms. The van der Waals surface area contributed by atoms with Crippen LogP contribution in [0.5, 0.6) is 0 Å². The molecule has 1 nitrogen and oxygen atoms in total. The van der Waals surface area contributed by atoms with E-state index in [0.29, 0.717) is 5.92 Å². The molecule has 1 aromatic carbocycles. The van der Waals surface area contributed by atoms with Gasteiger partial charge in [0.2, 0.25) is 0 Å². The maximum atomic E-state index is 3.65. The van der Waals surface area contributed by atoms with Crippen LogP contribution in [0.15, 0.2) is 22.7 Å². The highest BCUT2D eigenvalue weighted by Gasteiger charge is 2.03. The summed E-state index contributed by atoms with van der Waals surface area (Å²) in [5.74, 6) is 0.712. The van der Waals surface area contributed by atoms with Gasteiger partial charge in [0, 0.05) is 4.47 Å². The number of likely N-dealkylation sites (N-methyl/N-ethyl adjacent to an activating group) is 1. The first-order valence-electron chi connectivity index (χ1n) is 5.55. The summed E-state index contributed by atoms with van der Waals surface area (Å²) >= 11 is 3.65. The molecule has 1 aromatic rings. The molecule has 0 fully saturated rings. The van der Waals surface area contributed by atoms with Crippen molar-refractivity contribution in [3.05, 3.63) is 33.8 Å². The van der Waals surface area contributed by atoms with Gasteiger partial charge in [-0.3, -0.25) is 0 Å². The Morgan fingerprint density at radius 1 is 1.33 bits per heavy atom. The van der Waals surface area contributed by atoms with Gasteiger partial charge in [-0.05, 0) is 49.5 Å². The van der Waals surface area contributed by atoms with E-state index in [9.17, 15) is 0 Å². The molecule has 84 valence electrons. The van der Waals surface area contributed by atoms with Crippen molar-refractivity contribution in [3.63, 3.8) is 0 Å². The van der Waals surface area contributed by atoms with E-state index in [0.717, 1.165) is 19.4 Å². The number of hydrogen-bond donors (Lipinski definition) is 1. The largest absolute Gasteiger partial charge is 0.319 e. The summed E-state index contributed by atoms with van der Waals surface area (Å²) in [6, 6.07) is 6.73. The van der Waals surface area contributed by atoms with E-state index in [4.69, 9.17) is 0 Å². The van der Waals surface area contributed by atoms with E-state index in [2.05, 4.69) is 53.3 Å². The summed E-state index contributed by atoms with van der Waals surface area (Å²) in [6.45, 7) is 5.54. The average molecular weight is 270 g/mol. The summed E-state index contributed by atoms with van der Waals surface area (Å²) in [7, 11) is 1.99. The van der Waals surface area contributed by atoms with Crippen LogP contribution in [0.25, 0.3) is 0 Å². The van der Waals surface area contributed by atoms with Crippen molar-refractivity contribution in [1.82, 2.24) is 5.32 Å². The Kier molecular flexibility index (Phi) is 5.34. The average Bonchev–Trinajstić information content (AvgIpc) is 2.18. The highest BCUT2D eigenvalue weighted by Crippen LogP contribution is 2.21. The van der Waals surface area contributed by atoms with Crippen molar-refractivity contribution >= 4 is 15.9 Å². The third kappa shape index (κ3) is 4.35. The number of benzene rings is 1. The van der Waals surface area contributed by atoms with Crippen molar-refractivity contribution in [3.8, 4) is 0 Å². The first-order chi connectivity index (χ1) is 7.13. The maximum Gasteiger partial charge on any atom is 0.0210 e. The van der Waals surface area contributed by atoms with E-state index in [-0.39, 0.29) is 0 Å². The Bertz CT molecular complexity index is 307. The molecule has 0 radical (unpaired) electrons. The molecule has 2 heteroatoms. The Morgan fingerprint density at radius 2 is 2.07 bits per heavy atom. The van der Waals surface area contributed by atoms with Crippen LogP contribution in [-0.2, 0) is 12.8 Å². The molecule has 0 aliphatic carbocycles.